The van der Waals surface area contributed by atoms with Crippen molar-refractivity contribution >= 4 is 11.9 Å². The SMILES string of the molecule is CC(C)(C)OC(=O)C(=O)NCC1CCNCC1. The van der Waals surface area contributed by atoms with Crippen LogP contribution in [-0.4, -0.2) is 37.1 Å². The molecule has 0 spiro atoms. The molecule has 0 atom stereocenters. The number of rotatable bonds is 2. The first-order chi connectivity index (χ1) is 7.88. The fourth-order valence-electron chi connectivity index (χ4n) is 1.72. The number of amides is 1. The number of carbonyl (C=O) groups excluding carboxylic acids is 2. The van der Waals surface area contributed by atoms with Gasteiger partial charge in [-0.1, -0.05) is 0 Å². The number of hydrogen-bond acceptors (Lipinski definition) is 4. The summed E-state index contributed by atoms with van der Waals surface area (Å²) in [6.45, 7) is 7.74. The maximum atomic E-state index is 11.5. The second-order valence-electron chi connectivity index (χ2n) is 5.41. The van der Waals surface area contributed by atoms with Gasteiger partial charge in [-0.25, -0.2) is 4.79 Å². The predicted octanol–water partition coefficient (Wildman–Crippen LogP) is 0.444. The van der Waals surface area contributed by atoms with Gasteiger partial charge in [0.1, 0.15) is 5.60 Å². The van der Waals surface area contributed by atoms with Crippen molar-refractivity contribution in [2.24, 2.45) is 5.92 Å². The van der Waals surface area contributed by atoms with E-state index in [2.05, 4.69) is 10.6 Å². The Balaban J connectivity index is 2.26. The minimum atomic E-state index is -0.800. The van der Waals surface area contributed by atoms with Gasteiger partial charge in [0, 0.05) is 6.54 Å². The largest absolute Gasteiger partial charge is 0.453 e. The molecule has 1 fully saturated rings. The van der Waals surface area contributed by atoms with E-state index in [9.17, 15) is 9.59 Å². The van der Waals surface area contributed by atoms with Crippen molar-refractivity contribution < 1.29 is 14.3 Å². The molecule has 2 N–H and O–H groups in total. The Morgan fingerprint density at radius 2 is 1.88 bits per heavy atom. The molecular weight excluding hydrogens is 220 g/mol. The van der Waals surface area contributed by atoms with E-state index in [1.807, 2.05) is 0 Å². The van der Waals surface area contributed by atoms with E-state index < -0.39 is 17.5 Å². The van der Waals surface area contributed by atoms with Gasteiger partial charge in [-0.2, -0.15) is 0 Å². The van der Waals surface area contributed by atoms with Crippen LogP contribution in [0.25, 0.3) is 0 Å². The molecule has 1 rings (SSSR count). The first-order valence-corrected chi connectivity index (χ1v) is 6.10. The van der Waals surface area contributed by atoms with E-state index in [4.69, 9.17) is 4.74 Å². The topological polar surface area (TPSA) is 67.4 Å². The normalized spacial score (nSPS) is 17.6. The second kappa shape index (κ2) is 6.00. The Hall–Kier alpha value is -1.10. The molecule has 0 unspecified atom stereocenters. The molecule has 0 radical (unpaired) electrons. The molecule has 17 heavy (non-hydrogen) atoms. The van der Waals surface area contributed by atoms with Crippen LogP contribution < -0.4 is 10.6 Å². The molecule has 98 valence electrons. The van der Waals surface area contributed by atoms with Crippen molar-refractivity contribution in [2.45, 2.75) is 39.2 Å². The van der Waals surface area contributed by atoms with Gasteiger partial charge in [0.25, 0.3) is 0 Å². The zero-order chi connectivity index (χ0) is 12.9. The molecule has 0 bridgehead atoms. The summed E-state index contributed by atoms with van der Waals surface area (Å²) in [5.41, 5.74) is -0.622. The van der Waals surface area contributed by atoms with Crippen LogP contribution in [0, 0.1) is 5.92 Å². The molecule has 5 heteroatoms. The molecule has 0 aromatic heterocycles. The number of hydrogen-bond donors (Lipinski definition) is 2. The maximum absolute atomic E-state index is 11.5. The van der Waals surface area contributed by atoms with E-state index >= 15 is 0 Å². The molecule has 0 aromatic carbocycles. The molecule has 1 heterocycles. The number of ether oxygens (including phenoxy) is 1. The summed E-state index contributed by atoms with van der Waals surface area (Å²) < 4.78 is 4.98. The van der Waals surface area contributed by atoms with Gasteiger partial charge in [0.05, 0.1) is 0 Å². The summed E-state index contributed by atoms with van der Waals surface area (Å²) in [7, 11) is 0. The predicted molar refractivity (Wildman–Crippen MR) is 64.4 cm³/mol. The molecule has 0 saturated carbocycles. The smallest absolute Gasteiger partial charge is 0.397 e. The highest BCUT2D eigenvalue weighted by Crippen LogP contribution is 2.10. The van der Waals surface area contributed by atoms with E-state index in [-0.39, 0.29) is 0 Å². The lowest BCUT2D eigenvalue weighted by molar-refractivity contribution is -0.163. The van der Waals surface area contributed by atoms with E-state index in [1.54, 1.807) is 20.8 Å². The zero-order valence-corrected chi connectivity index (χ0v) is 10.8. The van der Waals surface area contributed by atoms with Crippen molar-refractivity contribution in [1.29, 1.82) is 0 Å². The summed E-state index contributed by atoms with van der Waals surface area (Å²) in [6.07, 6.45) is 2.07. The molecule has 1 aliphatic heterocycles. The number of piperidine rings is 1. The average Bonchev–Trinajstić information content (AvgIpc) is 2.25. The summed E-state index contributed by atoms with van der Waals surface area (Å²) in [6, 6.07) is 0. The number of nitrogens with one attached hydrogen (secondary N) is 2. The zero-order valence-electron chi connectivity index (χ0n) is 10.8. The highest BCUT2D eigenvalue weighted by molar-refractivity contribution is 6.32. The molecule has 1 amide bonds. The van der Waals surface area contributed by atoms with Gasteiger partial charge in [-0.3, -0.25) is 4.79 Å². The Kier molecular flexibility index (Phi) is 4.93. The van der Waals surface area contributed by atoms with Crippen LogP contribution in [0.3, 0.4) is 0 Å². The average molecular weight is 242 g/mol. The highest BCUT2D eigenvalue weighted by atomic mass is 16.6. The summed E-state index contributed by atoms with van der Waals surface area (Å²) >= 11 is 0. The monoisotopic (exact) mass is 242 g/mol. The van der Waals surface area contributed by atoms with Crippen molar-refractivity contribution in [3.63, 3.8) is 0 Å². The molecule has 0 aromatic rings. The lowest BCUT2D eigenvalue weighted by Crippen LogP contribution is -2.41. The maximum Gasteiger partial charge on any atom is 0.397 e. The minimum absolute atomic E-state index is 0.461. The van der Waals surface area contributed by atoms with Crippen molar-refractivity contribution in [3.05, 3.63) is 0 Å². The van der Waals surface area contributed by atoms with Crippen molar-refractivity contribution in [1.82, 2.24) is 10.6 Å². The van der Waals surface area contributed by atoms with Gasteiger partial charge >= 0.3 is 11.9 Å². The summed E-state index contributed by atoms with van der Waals surface area (Å²) in [4.78, 5) is 22.8. The third-order valence-electron chi connectivity index (χ3n) is 2.59. The Labute approximate surface area is 102 Å². The third kappa shape index (κ3) is 5.68. The van der Waals surface area contributed by atoms with Gasteiger partial charge in [-0.05, 0) is 52.6 Å². The third-order valence-corrected chi connectivity index (χ3v) is 2.59. The number of carbonyl (C=O) groups is 2. The van der Waals surface area contributed by atoms with Crippen LogP contribution in [0.2, 0.25) is 0 Å². The Morgan fingerprint density at radius 3 is 2.41 bits per heavy atom. The lowest BCUT2D eigenvalue weighted by Gasteiger charge is -2.23. The molecule has 1 aliphatic rings. The van der Waals surface area contributed by atoms with Crippen LogP contribution >= 0.6 is 0 Å². The van der Waals surface area contributed by atoms with Crippen LogP contribution in [0.5, 0.6) is 0 Å². The quantitative estimate of drug-likeness (QED) is 0.545. The molecule has 0 aliphatic carbocycles. The minimum Gasteiger partial charge on any atom is -0.453 e. The van der Waals surface area contributed by atoms with Crippen LogP contribution in [0.1, 0.15) is 33.6 Å². The fraction of sp³-hybridized carbons (Fsp3) is 0.833. The fourth-order valence-corrected chi connectivity index (χ4v) is 1.72. The molecular formula is C12H22N2O3. The van der Waals surface area contributed by atoms with E-state index in [0.717, 1.165) is 25.9 Å². The van der Waals surface area contributed by atoms with Gasteiger partial charge in [0.2, 0.25) is 0 Å². The highest BCUT2D eigenvalue weighted by Gasteiger charge is 2.23. The van der Waals surface area contributed by atoms with Crippen molar-refractivity contribution in [2.75, 3.05) is 19.6 Å². The van der Waals surface area contributed by atoms with Gasteiger partial charge in [-0.15, -0.1) is 0 Å². The van der Waals surface area contributed by atoms with Crippen LogP contribution in [0.4, 0.5) is 0 Å². The first kappa shape index (κ1) is 14.0. The first-order valence-electron chi connectivity index (χ1n) is 6.10. The van der Waals surface area contributed by atoms with Crippen LogP contribution in [0.15, 0.2) is 0 Å². The summed E-state index contributed by atoms with van der Waals surface area (Å²) in [5, 5.41) is 5.89. The van der Waals surface area contributed by atoms with Crippen molar-refractivity contribution in [3.8, 4) is 0 Å². The van der Waals surface area contributed by atoms with Gasteiger partial charge < -0.3 is 15.4 Å². The van der Waals surface area contributed by atoms with E-state index in [1.165, 1.54) is 0 Å². The molecule has 5 nitrogen and oxygen atoms in total. The van der Waals surface area contributed by atoms with Gasteiger partial charge in [0.15, 0.2) is 0 Å². The second-order valence-corrected chi connectivity index (χ2v) is 5.41. The Bertz CT molecular complexity index is 278. The van der Waals surface area contributed by atoms with Crippen LogP contribution in [-0.2, 0) is 14.3 Å². The standard InChI is InChI=1S/C12H22N2O3/c1-12(2,3)17-11(16)10(15)14-8-9-4-6-13-7-5-9/h9,13H,4-8H2,1-3H3,(H,14,15). The van der Waals surface area contributed by atoms with E-state index in [0.29, 0.717) is 12.5 Å². The lowest BCUT2D eigenvalue weighted by atomic mass is 9.98. The summed E-state index contributed by atoms with van der Waals surface area (Å²) in [5.74, 6) is -0.979. The molecule has 1 saturated heterocycles. The Morgan fingerprint density at radius 1 is 1.29 bits per heavy atom. The number of esters is 1.